The van der Waals surface area contributed by atoms with E-state index in [1.807, 2.05) is 19.9 Å². The average molecular weight is 482 g/mol. The van der Waals surface area contributed by atoms with E-state index < -0.39 is 15.9 Å². The predicted octanol–water partition coefficient (Wildman–Crippen LogP) is 4.58. The van der Waals surface area contributed by atoms with Crippen LogP contribution in [0.5, 0.6) is 0 Å². The molecule has 2 N–H and O–H groups in total. The van der Waals surface area contributed by atoms with Gasteiger partial charge in [-0.3, -0.25) is 14.3 Å². The van der Waals surface area contributed by atoms with Gasteiger partial charge in [0, 0.05) is 18.3 Å². The number of amides is 1. The number of hydrogen-bond donors (Lipinski definition) is 2. The molecule has 0 unspecified atom stereocenters. The van der Waals surface area contributed by atoms with Crippen molar-refractivity contribution < 1.29 is 13.2 Å². The third-order valence-corrected chi connectivity index (χ3v) is 8.14. The molecule has 1 aromatic heterocycles. The van der Waals surface area contributed by atoms with Crippen molar-refractivity contribution in [2.24, 2.45) is 7.05 Å². The lowest BCUT2D eigenvalue weighted by atomic mass is 10.1. The number of nitrogens with one attached hydrogen (secondary N) is 2. The van der Waals surface area contributed by atoms with Crippen LogP contribution in [0.1, 0.15) is 27.0 Å². The maximum atomic E-state index is 13.1. The largest absolute Gasteiger partial charge is 0.322 e. The summed E-state index contributed by atoms with van der Waals surface area (Å²) in [7, 11) is -2.21. The van der Waals surface area contributed by atoms with Crippen molar-refractivity contribution in [3.8, 4) is 0 Å². The fourth-order valence-corrected chi connectivity index (χ4v) is 5.82. The number of hydrogen-bond acceptors (Lipinski definition) is 5. The predicted molar refractivity (Wildman–Crippen MR) is 133 cm³/mol. The van der Waals surface area contributed by atoms with Crippen molar-refractivity contribution in [1.29, 1.82) is 0 Å². The number of thiazole rings is 1. The number of anilines is 2. The Kier molecular flexibility index (Phi) is 5.85. The Morgan fingerprint density at radius 1 is 0.970 bits per heavy atom. The van der Waals surface area contributed by atoms with Crippen molar-refractivity contribution >= 4 is 48.9 Å². The van der Waals surface area contributed by atoms with Crippen molar-refractivity contribution in [3.63, 3.8) is 0 Å². The van der Waals surface area contributed by atoms with E-state index >= 15 is 0 Å². The van der Waals surface area contributed by atoms with Crippen molar-refractivity contribution in [2.75, 3.05) is 10.0 Å². The molecule has 0 saturated heterocycles. The number of rotatable bonds is 5. The minimum atomic E-state index is -3.91. The van der Waals surface area contributed by atoms with Gasteiger partial charge in [0.25, 0.3) is 15.9 Å². The first-order valence-corrected chi connectivity index (χ1v) is 12.5. The van der Waals surface area contributed by atoms with Crippen molar-refractivity contribution in [3.05, 3.63) is 86.5 Å². The first-order valence-electron chi connectivity index (χ1n) is 10.2. The van der Waals surface area contributed by atoms with Crippen LogP contribution < -0.4 is 14.9 Å². The Morgan fingerprint density at radius 2 is 1.73 bits per heavy atom. The lowest BCUT2D eigenvalue weighted by molar-refractivity contribution is 0.102. The molecule has 0 bridgehead atoms. The van der Waals surface area contributed by atoms with Gasteiger partial charge in [-0.25, -0.2) is 8.42 Å². The molecule has 170 valence electrons. The van der Waals surface area contributed by atoms with Crippen LogP contribution in [0.4, 0.5) is 11.4 Å². The number of aryl methyl sites for hydroxylation is 3. The van der Waals surface area contributed by atoms with Crippen molar-refractivity contribution in [2.45, 2.75) is 25.7 Å². The molecular weight excluding hydrogens is 458 g/mol. The number of aromatic nitrogens is 1. The van der Waals surface area contributed by atoms with E-state index in [1.54, 1.807) is 61.0 Å². The van der Waals surface area contributed by atoms with Crippen LogP contribution in [0.2, 0.25) is 0 Å². The summed E-state index contributed by atoms with van der Waals surface area (Å²) in [6.07, 6.45) is 0. The van der Waals surface area contributed by atoms with Crippen LogP contribution in [-0.4, -0.2) is 18.9 Å². The van der Waals surface area contributed by atoms with Crippen LogP contribution in [0, 0.1) is 20.8 Å². The molecule has 7 nitrogen and oxygen atoms in total. The van der Waals surface area contributed by atoms with E-state index in [0.717, 1.165) is 32.7 Å². The smallest absolute Gasteiger partial charge is 0.307 e. The zero-order valence-electron chi connectivity index (χ0n) is 18.6. The summed E-state index contributed by atoms with van der Waals surface area (Å²) in [4.78, 5) is 24.7. The summed E-state index contributed by atoms with van der Waals surface area (Å²) in [5, 5.41) is 2.78. The molecule has 0 spiro atoms. The summed E-state index contributed by atoms with van der Waals surface area (Å²) in [5.41, 5.74) is 4.35. The number of nitrogens with zero attached hydrogens (tertiary/aromatic N) is 1. The van der Waals surface area contributed by atoms with E-state index in [1.165, 1.54) is 6.07 Å². The van der Waals surface area contributed by atoms with E-state index in [9.17, 15) is 18.0 Å². The Hall–Kier alpha value is -3.43. The molecule has 0 aliphatic carbocycles. The summed E-state index contributed by atoms with van der Waals surface area (Å²) < 4.78 is 31.2. The summed E-state index contributed by atoms with van der Waals surface area (Å²) >= 11 is 1.10. The third-order valence-electron chi connectivity index (χ3n) is 5.64. The second-order valence-electron chi connectivity index (χ2n) is 7.90. The number of sulfonamides is 1. The van der Waals surface area contributed by atoms with Crippen LogP contribution >= 0.6 is 11.3 Å². The molecular formula is C24H23N3O4S2. The molecule has 0 saturated carbocycles. The fourth-order valence-electron chi connectivity index (χ4n) is 3.51. The first kappa shape index (κ1) is 22.8. The summed E-state index contributed by atoms with van der Waals surface area (Å²) in [6, 6.07) is 15.2. The second kappa shape index (κ2) is 8.49. The molecule has 0 aliphatic heterocycles. The van der Waals surface area contributed by atoms with Gasteiger partial charge in [-0.15, -0.1) is 0 Å². The maximum absolute atomic E-state index is 13.1. The van der Waals surface area contributed by atoms with Crippen LogP contribution in [0.15, 0.2) is 64.3 Å². The Bertz CT molecular complexity index is 1570. The molecule has 0 fully saturated rings. The lowest BCUT2D eigenvalue weighted by Crippen LogP contribution is -2.17. The molecule has 1 amide bonds. The monoisotopic (exact) mass is 481 g/mol. The van der Waals surface area contributed by atoms with E-state index in [0.29, 0.717) is 16.9 Å². The van der Waals surface area contributed by atoms with E-state index in [2.05, 4.69) is 10.0 Å². The highest BCUT2D eigenvalue weighted by molar-refractivity contribution is 7.92. The maximum Gasteiger partial charge on any atom is 0.307 e. The first-order chi connectivity index (χ1) is 15.6. The summed E-state index contributed by atoms with van der Waals surface area (Å²) in [6.45, 7) is 5.45. The van der Waals surface area contributed by atoms with Gasteiger partial charge in [-0.1, -0.05) is 29.5 Å². The van der Waals surface area contributed by atoms with Gasteiger partial charge >= 0.3 is 4.87 Å². The Balaban J connectivity index is 1.63. The molecule has 33 heavy (non-hydrogen) atoms. The van der Waals surface area contributed by atoms with Crippen LogP contribution in [-0.2, 0) is 17.1 Å². The average Bonchev–Trinajstić information content (AvgIpc) is 3.04. The van der Waals surface area contributed by atoms with Gasteiger partial charge in [0.05, 0.1) is 20.8 Å². The normalized spacial score (nSPS) is 11.5. The molecule has 3 aromatic carbocycles. The quantitative estimate of drug-likeness (QED) is 0.436. The molecule has 4 aromatic rings. The standard InChI is InChI=1S/C24H23N3O4S2/c1-14-6-5-7-19(16(14)3)26-33(30,31)22-12-17(9-8-15(22)2)23(28)25-18-10-11-20-21(13-18)32-24(29)27(20)4/h5-13,26H,1-4H3,(H,25,28). The molecule has 9 heteroatoms. The Labute approximate surface area is 195 Å². The highest BCUT2D eigenvalue weighted by atomic mass is 32.2. The summed E-state index contributed by atoms with van der Waals surface area (Å²) in [5.74, 6) is -0.444. The van der Waals surface area contributed by atoms with Gasteiger partial charge in [-0.05, 0) is 73.9 Å². The molecule has 1 heterocycles. The Morgan fingerprint density at radius 3 is 2.48 bits per heavy atom. The molecule has 4 rings (SSSR count). The fraction of sp³-hybridized carbons (Fsp3) is 0.167. The lowest BCUT2D eigenvalue weighted by Gasteiger charge is -2.14. The molecule has 0 aliphatic rings. The third kappa shape index (κ3) is 4.42. The van der Waals surface area contributed by atoms with E-state index in [4.69, 9.17) is 0 Å². The highest BCUT2D eigenvalue weighted by Gasteiger charge is 2.20. The second-order valence-corrected chi connectivity index (χ2v) is 10.5. The van der Waals surface area contributed by atoms with E-state index in [-0.39, 0.29) is 15.3 Å². The number of fused-ring (bicyclic) bond motifs is 1. The minimum absolute atomic E-state index is 0.0350. The minimum Gasteiger partial charge on any atom is -0.322 e. The SMILES string of the molecule is Cc1ccc(C(=O)Nc2ccc3c(c2)sc(=O)n3C)cc1S(=O)(=O)Nc1cccc(C)c1C. The zero-order valence-corrected chi connectivity index (χ0v) is 20.2. The van der Waals surface area contributed by atoms with Gasteiger partial charge in [0.2, 0.25) is 0 Å². The van der Waals surface area contributed by atoms with Crippen LogP contribution in [0.25, 0.3) is 10.2 Å². The number of carbonyl (C=O) groups excluding carboxylic acids is 1. The van der Waals surface area contributed by atoms with Gasteiger partial charge in [-0.2, -0.15) is 0 Å². The van der Waals surface area contributed by atoms with Crippen LogP contribution in [0.3, 0.4) is 0 Å². The highest BCUT2D eigenvalue weighted by Crippen LogP contribution is 2.25. The van der Waals surface area contributed by atoms with Crippen molar-refractivity contribution in [1.82, 2.24) is 4.57 Å². The zero-order chi connectivity index (χ0) is 23.9. The molecule has 0 radical (unpaired) electrons. The van der Waals surface area contributed by atoms with Gasteiger partial charge in [0.15, 0.2) is 0 Å². The van der Waals surface area contributed by atoms with Gasteiger partial charge in [0.1, 0.15) is 0 Å². The number of carbonyl (C=O) groups is 1. The van der Waals surface area contributed by atoms with Gasteiger partial charge < -0.3 is 9.88 Å². The topological polar surface area (TPSA) is 97.3 Å². The molecule has 0 atom stereocenters. The number of benzene rings is 3.